The molecule has 1 aromatic rings. The number of ether oxygens (including phenoxy) is 2. The minimum absolute atomic E-state index is 0.491. The molecular weight excluding hydrogens is 204 g/mol. The van der Waals surface area contributed by atoms with Crippen molar-refractivity contribution in [3.05, 3.63) is 29.8 Å². The standard InChI is InChI=1S/C13H20O3/c1-11(14)12-7-3-4-8-13(12)16-10-6-5-9-15-2/h3-4,7-8,11,14H,5-6,9-10H2,1-2H3/t11-/m0/s1. The van der Waals surface area contributed by atoms with Crippen LogP contribution in [0.4, 0.5) is 0 Å². The van der Waals surface area contributed by atoms with E-state index in [0.29, 0.717) is 6.61 Å². The van der Waals surface area contributed by atoms with E-state index in [1.54, 1.807) is 14.0 Å². The Labute approximate surface area is 97.0 Å². The predicted octanol–water partition coefficient (Wildman–Crippen LogP) is 2.55. The Morgan fingerprint density at radius 2 is 1.88 bits per heavy atom. The maximum atomic E-state index is 9.55. The molecule has 0 fully saturated rings. The molecule has 0 amide bonds. The molecule has 3 nitrogen and oxygen atoms in total. The minimum Gasteiger partial charge on any atom is -0.493 e. The van der Waals surface area contributed by atoms with Crippen LogP contribution < -0.4 is 4.74 Å². The molecule has 0 aliphatic carbocycles. The van der Waals surface area contributed by atoms with E-state index in [9.17, 15) is 5.11 Å². The lowest BCUT2D eigenvalue weighted by atomic mass is 10.1. The highest BCUT2D eigenvalue weighted by Crippen LogP contribution is 2.24. The zero-order chi connectivity index (χ0) is 11.8. The summed E-state index contributed by atoms with van der Waals surface area (Å²) < 4.78 is 10.6. The SMILES string of the molecule is COCCCCOc1ccccc1[C@H](C)O. The zero-order valence-electron chi connectivity index (χ0n) is 9.98. The van der Waals surface area contributed by atoms with E-state index in [1.165, 1.54) is 0 Å². The van der Waals surface area contributed by atoms with Gasteiger partial charge in [0.05, 0.1) is 12.7 Å². The predicted molar refractivity (Wildman–Crippen MR) is 63.7 cm³/mol. The first kappa shape index (κ1) is 13.0. The second kappa shape index (κ2) is 7.25. The molecule has 1 rings (SSSR count). The third-order valence-corrected chi connectivity index (χ3v) is 2.37. The molecule has 0 radical (unpaired) electrons. The van der Waals surface area contributed by atoms with E-state index >= 15 is 0 Å². The number of para-hydroxylation sites is 1. The van der Waals surface area contributed by atoms with Gasteiger partial charge >= 0.3 is 0 Å². The van der Waals surface area contributed by atoms with Crippen LogP contribution in [0, 0.1) is 0 Å². The smallest absolute Gasteiger partial charge is 0.125 e. The molecule has 0 saturated carbocycles. The van der Waals surface area contributed by atoms with Crippen LogP contribution >= 0.6 is 0 Å². The van der Waals surface area contributed by atoms with Gasteiger partial charge in [0.2, 0.25) is 0 Å². The van der Waals surface area contributed by atoms with Gasteiger partial charge in [-0.3, -0.25) is 0 Å². The van der Waals surface area contributed by atoms with Crippen LogP contribution in [-0.2, 0) is 4.74 Å². The van der Waals surface area contributed by atoms with Gasteiger partial charge in [-0.25, -0.2) is 0 Å². The normalized spacial score (nSPS) is 12.4. The molecule has 1 atom stereocenters. The number of rotatable bonds is 7. The highest BCUT2D eigenvalue weighted by atomic mass is 16.5. The van der Waals surface area contributed by atoms with Gasteiger partial charge in [-0.15, -0.1) is 0 Å². The summed E-state index contributed by atoms with van der Waals surface area (Å²) in [6.07, 6.45) is 1.46. The lowest BCUT2D eigenvalue weighted by Gasteiger charge is -2.12. The van der Waals surface area contributed by atoms with Crippen LogP contribution in [0.15, 0.2) is 24.3 Å². The molecule has 0 aliphatic rings. The molecule has 0 aromatic heterocycles. The Morgan fingerprint density at radius 1 is 1.19 bits per heavy atom. The Balaban J connectivity index is 2.41. The van der Waals surface area contributed by atoms with Gasteiger partial charge in [0.15, 0.2) is 0 Å². The molecule has 1 N–H and O–H groups in total. The summed E-state index contributed by atoms with van der Waals surface area (Å²) in [7, 11) is 1.70. The minimum atomic E-state index is -0.491. The number of hydrogen-bond acceptors (Lipinski definition) is 3. The molecule has 0 heterocycles. The number of methoxy groups -OCH3 is 1. The van der Waals surface area contributed by atoms with E-state index < -0.39 is 6.10 Å². The first-order valence-electron chi connectivity index (χ1n) is 5.64. The fraction of sp³-hybridized carbons (Fsp3) is 0.538. The van der Waals surface area contributed by atoms with Crippen molar-refractivity contribution in [2.24, 2.45) is 0 Å². The number of aliphatic hydroxyl groups is 1. The Hall–Kier alpha value is -1.06. The molecule has 1 aromatic carbocycles. The monoisotopic (exact) mass is 224 g/mol. The van der Waals surface area contributed by atoms with Crippen molar-refractivity contribution in [1.82, 2.24) is 0 Å². The van der Waals surface area contributed by atoms with Crippen LogP contribution in [-0.4, -0.2) is 25.4 Å². The Kier molecular flexibility index (Phi) is 5.90. The third-order valence-electron chi connectivity index (χ3n) is 2.37. The molecule has 0 unspecified atom stereocenters. The molecule has 16 heavy (non-hydrogen) atoms. The molecule has 3 heteroatoms. The zero-order valence-corrected chi connectivity index (χ0v) is 9.98. The second-order valence-corrected chi connectivity index (χ2v) is 3.76. The van der Waals surface area contributed by atoms with E-state index in [1.807, 2.05) is 24.3 Å². The molecular formula is C13H20O3. The van der Waals surface area contributed by atoms with E-state index in [0.717, 1.165) is 30.8 Å². The van der Waals surface area contributed by atoms with Crippen molar-refractivity contribution >= 4 is 0 Å². The molecule has 0 spiro atoms. The van der Waals surface area contributed by atoms with Crippen molar-refractivity contribution in [1.29, 1.82) is 0 Å². The van der Waals surface area contributed by atoms with Crippen LogP contribution in [0.5, 0.6) is 5.75 Å². The summed E-state index contributed by atoms with van der Waals surface area (Å²) in [6, 6.07) is 7.59. The van der Waals surface area contributed by atoms with E-state index in [4.69, 9.17) is 9.47 Å². The van der Waals surface area contributed by atoms with Gasteiger partial charge in [-0.1, -0.05) is 18.2 Å². The summed E-state index contributed by atoms with van der Waals surface area (Å²) in [5.41, 5.74) is 0.842. The van der Waals surface area contributed by atoms with Gasteiger partial charge in [0.1, 0.15) is 5.75 Å². The number of unbranched alkanes of at least 4 members (excludes halogenated alkanes) is 1. The average Bonchev–Trinajstić information content (AvgIpc) is 2.29. The van der Waals surface area contributed by atoms with Crippen molar-refractivity contribution in [3.63, 3.8) is 0 Å². The van der Waals surface area contributed by atoms with Gasteiger partial charge in [-0.05, 0) is 25.8 Å². The van der Waals surface area contributed by atoms with Crippen molar-refractivity contribution < 1.29 is 14.6 Å². The first-order valence-corrected chi connectivity index (χ1v) is 5.64. The fourth-order valence-electron chi connectivity index (χ4n) is 1.49. The quantitative estimate of drug-likeness (QED) is 0.723. The third kappa shape index (κ3) is 4.21. The second-order valence-electron chi connectivity index (χ2n) is 3.76. The summed E-state index contributed by atoms with van der Waals surface area (Å²) >= 11 is 0. The lowest BCUT2D eigenvalue weighted by molar-refractivity contribution is 0.178. The number of hydrogen-bond donors (Lipinski definition) is 1. The van der Waals surface area contributed by atoms with Gasteiger partial charge in [0, 0.05) is 19.3 Å². The maximum Gasteiger partial charge on any atom is 0.125 e. The van der Waals surface area contributed by atoms with E-state index in [-0.39, 0.29) is 0 Å². The average molecular weight is 224 g/mol. The lowest BCUT2D eigenvalue weighted by Crippen LogP contribution is -2.03. The number of aliphatic hydroxyl groups excluding tert-OH is 1. The molecule has 0 aliphatic heterocycles. The Morgan fingerprint density at radius 3 is 2.56 bits per heavy atom. The highest BCUT2D eigenvalue weighted by Gasteiger charge is 2.07. The van der Waals surface area contributed by atoms with Crippen molar-refractivity contribution in [2.45, 2.75) is 25.9 Å². The highest BCUT2D eigenvalue weighted by molar-refractivity contribution is 5.34. The number of benzene rings is 1. The van der Waals surface area contributed by atoms with Crippen LogP contribution in [0.25, 0.3) is 0 Å². The summed E-state index contributed by atoms with van der Waals surface area (Å²) in [5, 5.41) is 9.55. The molecule has 0 bridgehead atoms. The topological polar surface area (TPSA) is 38.7 Å². The van der Waals surface area contributed by atoms with Crippen LogP contribution in [0.2, 0.25) is 0 Å². The largest absolute Gasteiger partial charge is 0.493 e. The summed E-state index contributed by atoms with van der Waals surface area (Å²) in [6.45, 7) is 3.17. The molecule has 0 saturated heterocycles. The maximum absolute atomic E-state index is 9.55. The van der Waals surface area contributed by atoms with Crippen LogP contribution in [0.1, 0.15) is 31.4 Å². The van der Waals surface area contributed by atoms with Crippen LogP contribution in [0.3, 0.4) is 0 Å². The van der Waals surface area contributed by atoms with Crippen molar-refractivity contribution in [2.75, 3.05) is 20.3 Å². The fourth-order valence-corrected chi connectivity index (χ4v) is 1.49. The summed E-state index contributed by atoms with van der Waals surface area (Å²) in [4.78, 5) is 0. The Bertz CT molecular complexity index is 297. The van der Waals surface area contributed by atoms with Gasteiger partial charge < -0.3 is 14.6 Å². The molecule has 90 valence electrons. The van der Waals surface area contributed by atoms with Gasteiger partial charge in [-0.2, -0.15) is 0 Å². The summed E-state index contributed by atoms with van der Waals surface area (Å²) in [5.74, 6) is 0.773. The van der Waals surface area contributed by atoms with Crippen molar-refractivity contribution in [3.8, 4) is 5.75 Å². The van der Waals surface area contributed by atoms with E-state index in [2.05, 4.69) is 0 Å². The van der Waals surface area contributed by atoms with Gasteiger partial charge in [0.25, 0.3) is 0 Å². The first-order chi connectivity index (χ1) is 7.75.